The van der Waals surface area contributed by atoms with Gasteiger partial charge < -0.3 is 5.32 Å². The van der Waals surface area contributed by atoms with Crippen LogP contribution in [0.2, 0.25) is 0 Å². The molecule has 0 aliphatic heterocycles. The molecule has 0 unspecified atom stereocenters. The molecule has 3 rings (SSSR count). The third-order valence-electron chi connectivity index (χ3n) is 3.18. The first-order valence-corrected chi connectivity index (χ1v) is 6.50. The molecule has 3 heteroatoms. The molecule has 1 N–H and O–H groups in total. The highest BCUT2D eigenvalue weighted by Crippen LogP contribution is 2.16. The Morgan fingerprint density at radius 1 is 0.950 bits per heavy atom. The fourth-order valence-corrected chi connectivity index (χ4v) is 2.16. The molecule has 0 saturated carbocycles. The van der Waals surface area contributed by atoms with Crippen molar-refractivity contribution in [2.75, 3.05) is 0 Å². The third kappa shape index (κ3) is 2.52. The maximum atomic E-state index is 12.3. The quantitative estimate of drug-likeness (QED) is 0.787. The molecule has 3 nitrogen and oxygen atoms in total. The van der Waals surface area contributed by atoms with Crippen LogP contribution in [0.15, 0.2) is 66.9 Å². The molecule has 0 aliphatic carbocycles. The van der Waals surface area contributed by atoms with Gasteiger partial charge in [-0.2, -0.15) is 0 Å². The Kier molecular flexibility index (Phi) is 3.42. The fraction of sp³-hybridized carbons (Fsp3) is 0.0588. The molecule has 0 spiro atoms. The van der Waals surface area contributed by atoms with Crippen molar-refractivity contribution in [3.63, 3.8) is 0 Å². The van der Waals surface area contributed by atoms with Crippen LogP contribution >= 0.6 is 0 Å². The van der Waals surface area contributed by atoms with Crippen molar-refractivity contribution in [3.8, 4) is 0 Å². The van der Waals surface area contributed by atoms with Crippen LogP contribution in [0, 0.1) is 0 Å². The highest BCUT2D eigenvalue weighted by molar-refractivity contribution is 6.05. The molecule has 0 atom stereocenters. The van der Waals surface area contributed by atoms with Crippen molar-refractivity contribution < 1.29 is 4.79 Å². The molecule has 1 amide bonds. The smallest absolute Gasteiger partial charge is 0.270 e. The van der Waals surface area contributed by atoms with E-state index >= 15 is 0 Å². The van der Waals surface area contributed by atoms with Gasteiger partial charge in [-0.25, -0.2) is 0 Å². The number of benzene rings is 2. The van der Waals surface area contributed by atoms with E-state index < -0.39 is 0 Å². The Bertz CT molecular complexity index is 733. The van der Waals surface area contributed by atoms with Crippen LogP contribution in [0.4, 0.5) is 0 Å². The fourth-order valence-electron chi connectivity index (χ4n) is 2.16. The van der Waals surface area contributed by atoms with Gasteiger partial charge in [0.1, 0.15) is 5.69 Å². The summed E-state index contributed by atoms with van der Waals surface area (Å²) in [7, 11) is 0. The molecule has 3 aromatic rings. The van der Waals surface area contributed by atoms with E-state index in [0.29, 0.717) is 12.2 Å². The first-order valence-electron chi connectivity index (χ1n) is 6.50. The van der Waals surface area contributed by atoms with Crippen molar-refractivity contribution in [1.82, 2.24) is 10.3 Å². The average molecular weight is 262 g/mol. The SMILES string of the molecule is O=C(NCc1ccccc1)c1nccc2ccccc12. The van der Waals surface area contributed by atoms with Gasteiger partial charge in [-0.1, -0.05) is 54.6 Å². The van der Waals surface area contributed by atoms with E-state index in [1.165, 1.54) is 0 Å². The van der Waals surface area contributed by atoms with Gasteiger partial charge in [-0.3, -0.25) is 9.78 Å². The number of rotatable bonds is 3. The van der Waals surface area contributed by atoms with E-state index in [2.05, 4.69) is 10.3 Å². The molecule has 1 aromatic heterocycles. The Hall–Kier alpha value is -2.68. The van der Waals surface area contributed by atoms with Gasteiger partial charge in [0.2, 0.25) is 0 Å². The molecular formula is C17H14N2O. The number of nitrogens with one attached hydrogen (secondary N) is 1. The van der Waals surface area contributed by atoms with Crippen LogP contribution in [0.3, 0.4) is 0 Å². The Labute approximate surface area is 117 Å². The molecule has 20 heavy (non-hydrogen) atoms. The Morgan fingerprint density at radius 3 is 2.55 bits per heavy atom. The Morgan fingerprint density at radius 2 is 1.70 bits per heavy atom. The lowest BCUT2D eigenvalue weighted by Gasteiger charge is -2.07. The Balaban J connectivity index is 1.82. The molecule has 2 aromatic carbocycles. The summed E-state index contributed by atoms with van der Waals surface area (Å²) in [6.45, 7) is 0.505. The van der Waals surface area contributed by atoms with E-state index in [4.69, 9.17) is 0 Å². The van der Waals surface area contributed by atoms with Gasteiger partial charge in [0.05, 0.1) is 0 Å². The highest BCUT2D eigenvalue weighted by atomic mass is 16.1. The molecule has 0 radical (unpaired) electrons. The van der Waals surface area contributed by atoms with E-state index in [0.717, 1.165) is 16.3 Å². The molecule has 0 saturated heterocycles. The molecule has 98 valence electrons. The lowest BCUT2D eigenvalue weighted by Crippen LogP contribution is -2.24. The lowest BCUT2D eigenvalue weighted by molar-refractivity contribution is 0.0948. The summed E-state index contributed by atoms with van der Waals surface area (Å²) in [6, 6.07) is 19.5. The van der Waals surface area contributed by atoms with Gasteiger partial charge in [-0.05, 0) is 17.0 Å². The minimum Gasteiger partial charge on any atom is -0.347 e. The van der Waals surface area contributed by atoms with Crippen molar-refractivity contribution in [1.29, 1.82) is 0 Å². The number of hydrogen-bond acceptors (Lipinski definition) is 2. The number of fused-ring (bicyclic) bond motifs is 1. The van der Waals surface area contributed by atoms with Crippen LogP contribution in [0.5, 0.6) is 0 Å². The summed E-state index contributed by atoms with van der Waals surface area (Å²) in [5.41, 5.74) is 1.54. The summed E-state index contributed by atoms with van der Waals surface area (Å²) in [4.78, 5) is 16.5. The second kappa shape index (κ2) is 5.53. The molecule has 0 bridgehead atoms. The lowest BCUT2D eigenvalue weighted by atomic mass is 10.1. The first kappa shape index (κ1) is 12.4. The summed E-state index contributed by atoms with van der Waals surface area (Å²) in [5.74, 6) is -0.148. The van der Waals surface area contributed by atoms with Crippen molar-refractivity contribution in [3.05, 3.63) is 78.1 Å². The topological polar surface area (TPSA) is 42.0 Å². The number of amides is 1. The van der Waals surface area contributed by atoms with E-state index in [-0.39, 0.29) is 5.91 Å². The van der Waals surface area contributed by atoms with Crippen LogP contribution in [-0.4, -0.2) is 10.9 Å². The predicted molar refractivity (Wildman–Crippen MR) is 79.4 cm³/mol. The number of aromatic nitrogens is 1. The van der Waals surface area contributed by atoms with E-state index in [1.807, 2.05) is 60.7 Å². The molecule has 1 heterocycles. The predicted octanol–water partition coefficient (Wildman–Crippen LogP) is 3.16. The number of carbonyl (C=O) groups is 1. The zero-order valence-electron chi connectivity index (χ0n) is 10.9. The molecule has 0 fully saturated rings. The maximum absolute atomic E-state index is 12.3. The monoisotopic (exact) mass is 262 g/mol. The van der Waals surface area contributed by atoms with Gasteiger partial charge >= 0.3 is 0 Å². The van der Waals surface area contributed by atoms with Gasteiger partial charge in [0.15, 0.2) is 0 Å². The summed E-state index contributed by atoms with van der Waals surface area (Å²) in [6.07, 6.45) is 1.67. The second-order valence-electron chi connectivity index (χ2n) is 4.55. The highest BCUT2D eigenvalue weighted by Gasteiger charge is 2.10. The largest absolute Gasteiger partial charge is 0.347 e. The van der Waals surface area contributed by atoms with Gasteiger partial charge in [-0.15, -0.1) is 0 Å². The number of nitrogens with zero attached hydrogens (tertiary/aromatic N) is 1. The summed E-state index contributed by atoms with van der Waals surface area (Å²) < 4.78 is 0. The number of hydrogen-bond donors (Lipinski definition) is 1. The van der Waals surface area contributed by atoms with Crippen LogP contribution in [0.1, 0.15) is 16.1 Å². The van der Waals surface area contributed by atoms with Crippen LogP contribution in [-0.2, 0) is 6.54 Å². The zero-order chi connectivity index (χ0) is 13.8. The summed E-state index contributed by atoms with van der Waals surface area (Å²) >= 11 is 0. The van der Waals surface area contributed by atoms with Crippen LogP contribution < -0.4 is 5.32 Å². The van der Waals surface area contributed by atoms with Crippen molar-refractivity contribution >= 4 is 16.7 Å². The first-order chi connectivity index (χ1) is 9.84. The number of pyridine rings is 1. The normalized spacial score (nSPS) is 10.4. The van der Waals surface area contributed by atoms with Gasteiger partial charge in [0.25, 0.3) is 5.91 Å². The average Bonchev–Trinajstić information content (AvgIpc) is 2.53. The van der Waals surface area contributed by atoms with Crippen molar-refractivity contribution in [2.24, 2.45) is 0 Å². The molecular weight excluding hydrogens is 248 g/mol. The van der Waals surface area contributed by atoms with Crippen molar-refractivity contribution in [2.45, 2.75) is 6.54 Å². The molecule has 0 aliphatic rings. The van der Waals surface area contributed by atoms with Gasteiger partial charge in [0, 0.05) is 18.1 Å². The third-order valence-corrected chi connectivity index (χ3v) is 3.18. The van der Waals surface area contributed by atoms with Crippen LogP contribution in [0.25, 0.3) is 10.8 Å². The maximum Gasteiger partial charge on any atom is 0.270 e. The minimum atomic E-state index is -0.148. The second-order valence-corrected chi connectivity index (χ2v) is 4.55. The van der Waals surface area contributed by atoms with E-state index in [9.17, 15) is 4.79 Å². The summed E-state index contributed by atoms with van der Waals surface area (Å²) in [5, 5.41) is 4.80. The standard InChI is InChI=1S/C17H14N2O/c20-17(19-12-13-6-2-1-3-7-13)16-15-9-5-4-8-14(15)10-11-18-16/h1-11H,12H2,(H,19,20). The van der Waals surface area contributed by atoms with E-state index in [1.54, 1.807) is 6.20 Å². The minimum absolute atomic E-state index is 0.148. The number of carbonyl (C=O) groups excluding carboxylic acids is 1. The zero-order valence-corrected chi connectivity index (χ0v) is 10.9.